The zero-order valence-electron chi connectivity index (χ0n) is 15.8. The van der Waals surface area contributed by atoms with Gasteiger partial charge >= 0.3 is 5.97 Å². The predicted molar refractivity (Wildman–Crippen MR) is 103 cm³/mol. The van der Waals surface area contributed by atoms with E-state index >= 15 is 0 Å². The van der Waals surface area contributed by atoms with Crippen molar-refractivity contribution in [2.24, 2.45) is 11.8 Å². The van der Waals surface area contributed by atoms with Crippen molar-refractivity contribution in [1.29, 1.82) is 0 Å². The fraction of sp³-hybridized carbons (Fsp3) is 0.833. The van der Waals surface area contributed by atoms with Crippen LogP contribution in [0.5, 0.6) is 0 Å². The number of halogens is 3. The second kappa shape index (κ2) is 9.61. The van der Waals surface area contributed by atoms with E-state index in [4.69, 9.17) is 39.5 Å². The van der Waals surface area contributed by atoms with Crippen LogP contribution in [0.2, 0.25) is 0 Å². The zero-order valence-corrected chi connectivity index (χ0v) is 18.1. The highest BCUT2D eigenvalue weighted by molar-refractivity contribution is 6.67. The van der Waals surface area contributed by atoms with E-state index < -0.39 is 21.3 Å². The summed E-state index contributed by atoms with van der Waals surface area (Å²) < 4.78 is 3.83. The molecular weight excluding hydrogens is 401 g/mol. The number of hydrogen-bond donors (Lipinski definition) is 0. The number of likely N-dealkylation sites (tertiary alicyclic amines) is 1. The average molecular weight is 429 g/mol. The summed E-state index contributed by atoms with van der Waals surface area (Å²) in [4.78, 5) is 38.5. The monoisotopic (exact) mass is 427 g/mol. The molecule has 0 saturated carbocycles. The van der Waals surface area contributed by atoms with Crippen molar-refractivity contribution in [3.8, 4) is 0 Å². The fourth-order valence-electron chi connectivity index (χ4n) is 2.94. The van der Waals surface area contributed by atoms with Crippen LogP contribution in [0.3, 0.4) is 0 Å². The molecule has 0 unspecified atom stereocenters. The van der Waals surface area contributed by atoms with Crippen LogP contribution >= 0.6 is 34.8 Å². The number of Topliss-reactive ketones (excluding diaryl/α,β-unsaturated/α-hetero) is 1. The molecule has 8 heteroatoms. The second-order valence-corrected chi connectivity index (χ2v) is 10.4. The summed E-state index contributed by atoms with van der Waals surface area (Å²) in [6, 6.07) is 0. The lowest BCUT2D eigenvalue weighted by atomic mass is 9.90. The second-order valence-electron chi connectivity index (χ2n) is 7.90. The summed E-state index contributed by atoms with van der Waals surface area (Å²) in [5.74, 6) is -1.25. The van der Waals surface area contributed by atoms with E-state index in [9.17, 15) is 14.4 Å². The van der Waals surface area contributed by atoms with Gasteiger partial charge in [0.2, 0.25) is 5.91 Å². The highest BCUT2D eigenvalue weighted by Crippen LogP contribution is 2.32. The van der Waals surface area contributed by atoms with Crippen molar-refractivity contribution in [3.05, 3.63) is 0 Å². The van der Waals surface area contributed by atoms with Crippen molar-refractivity contribution in [3.63, 3.8) is 0 Å². The molecule has 1 amide bonds. The summed E-state index contributed by atoms with van der Waals surface area (Å²) in [5, 5.41) is 0. The van der Waals surface area contributed by atoms with Crippen LogP contribution in [0.25, 0.3) is 0 Å². The Labute approximate surface area is 170 Å². The van der Waals surface area contributed by atoms with Gasteiger partial charge in [-0.25, -0.2) is 0 Å². The Morgan fingerprint density at radius 3 is 2.35 bits per heavy atom. The Morgan fingerprint density at radius 2 is 1.81 bits per heavy atom. The minimum atomic E-state index is -1.44. The highest BCUT2D eigenvalue weighted by atomic mass is 35.6. The summed E-state index contributed by atoms with van der Waals surface area (Å²) in [5.41, 5.74) is -0.578. The molecule has 0 aromatic carbocycles. The maximum Gasteiger partial charge on any atom is 0.307 e. The van der Waals surface area contributed by atoms with Crippen LogP contribution in [-0.2, 0) is 19.1 Å². The van der Waals surface area contributed by atoms with E-state index in [1.54, 1.807) is 32.6 Å². The Kier molecular flexibility index (Phi) is 8.69. The number of nitrogens with zero attached hydrogens (tertiary/aromatic N) is 1. The molecule has 0 aromatic rings. The lowest BCUT2D eigenvalue weighted by Crippen LogP contribution is -2.45. The van der Waals surface area contributed by atoms with Gasteiger partial charge in [0.15, 0.2) is 3.79 Å². The number of carbonyl (C=O) groups excluding carboxylic acids is 3. The molecule has 0 radical (unpaired) electrons. The molecule has 0 spiro atoms. The van der Waals surface area contributed by atoms with Crippen molar-refractivity contribution in [2.75, 3.05) is 13.1 Å². The van der Waals surface area contributed by atoms with Crippen LogP contribution in [-0.4, -0.2) is 45.0 Å². The van der Waals surface area contributed by atoms with Gasteiger partial charge in [0.05, 0.1) is 6.42 Å². The van der Waals surface area contributed by atoms with E-state index in [1.807, 2.05) is 0 Å². The van der Waals surface area contributed by atoms with E-state index in [1.165, 1.54) is 0 Å². The Hall–Kier alpha value is -0.520. The molecule has 0 bridgehead atoms. The Bertz CT molecular complexity index is 526. The average Bonchev–Trinajstić information content (AvgIpc) is 2.49. The van der Waals surface area contributed by atoms with E-state index in [0.717, 1.165) is 12.8 Å². The maximum absolute atomic E-state index is 12.6. The molecule has 1 fully saturated rings. The Morgan fingerprint density at radius 1 is 1.19 bits per heavy atom. The van der Waals surface area contributed by atoms with Crippen LogP contribution in [0.1, 0.15) is 59.8 Å². The summed E-state index contributed by atoms with van der Waals surface area (Å²) >= 11 is 17.1. The topological polar surface area (TPSA) is 63.7 Å². The number of amides is 1. The molecule has 150 valence electrons. The minimum absolute atomic E-state index is 0.00798. The molecule has 1 rings (SSSR count). The molecule has 0 N–H and O–H groups in total. The quantitative estimate of drug-likeness (QED) is 0.467. The van der Waals surface area contributed by atoms with Gasteiger partial charge in [-0.3, -0.25) is 14.4 Å². The highest BCUT2D eigenvalue weighted by Gasteiger charge is 2.32. The standard InChI is InChI=1S/C18H28Cl3NO4/c1-12(10-15(24)26-17(2,3)4)16(25)22-9-5-6-13(11-22)14(23)7-8-18(19,20)21/h12-13H,5-11H2,1-4H3/t12-,13-/m1/s1. The summed E-state index contributed by atoms with van der Waals surface area (Å²) in [6.45, 7) is 8.02. The van der Waals surface area contributed by atoms with Gasteiger partial charge < -0.3 is 9.64 Å². The Balaban J connectivity index is 2.56. The van der Waals surface area contributed by atoms with Crippen molar-refractivity contribution in [2.45, 2.75) is 69.2 Å². The number of rotatable bonds is 6. The summed E-state index contributed by atoms with van der Waals surface area (Å²) in [7, 11) is 0. The number of ketones is 1. The fourth-order valence-corrected chi connectivity index (χ4v) is 3.22. The van der Waals surface area contributed by atoms with Crippen LogP contribution in [0, 0.1) is 11.8 Å². The predicted octanol–water partition coefficient (Wildman–Crippen LogP) is 4.31. The molecule has 0 aliphatic carbocycles. The lowest BCUT2D eigenvalue weighted by Gasteiger charge is -2.34. The first-order chi connectivity index (χ1) is 11.8. The first-order valence-electron chi connectivity index (χ1n) is 8.88. The molecule has 1 saturated heterocycles. The maximum atomic E-state index is 12.6. The van der Waals surface area contributed by atoms with E-state index in [-0.39, 0.29) is 36.9 Å². The molecular formula is C18H28Cl3NO4. The number of alkyl halides is 3. The van der Waals surface area contributed by atoms with Gasteiger partial charge in [-0.1, -0.05) is 41.7 Å². The zero-order chi connectivity index (χ0) is 20.1. The molecule has 5 nitrogen and oxygen atoms in total. The smallest absolute Gasteiger partial charge is 0.307 e. The normalized spacial score (nSPS) is 19.8. The molecule has 1 heterocycles. The van der Waals surface area contributed by atoms with Crippen molar-refractivity contribution in [1.82, 2.24) is 4.90 Å². The van der Waals surface area contributed by atoms with Gasteiger partial charge in [-0.2, -0.15) is 0 Å². The SMILES string of the molecule is C[C@H](CC(=O)OC(C)(C)C)C(=O)N1CCC[C@@H](C(=O)CCC(Cl)(Cl)Cl)C1. The van der Waals surface area contributed by atoms with Gasteiger partial charge in [-0.05, 0) is 33.6 Å². The van der Waals surface area contributed by atoms with E-state index in [0.29, 0.717) is 13.1 Å². The van der Waals surface area contributed by atoms with Crippen LogP contribution in [0.4, 0.5) is 0 Å². The lowest BCUT2D eigenvalue weighted by molar-refractivity contribution is -0.158. The third-order valence-electron chi connectivity index (χ3n) is 4.16. The van der Waals surface area contributed by atoms with E-state index in [2.05, 4.69) is 0 Å². The van der Waals surface area contributed by atoms with Gasteiger partial charge in [-0.15, -0.1) is 0 Å². The number of carbonyl (C=O) groups is 3. The van der Waals surface area contributed by atoms with Gasteiger partial charge in [0, 0.05) is 37.8 Å². The van der Waals surface area contributed by atoms with Crippen LogP contribution in [0.15, 0.2) is 0 Å². The molecule has 26 heavy (non-hydrogen) atoms. The third kappa shape index (κ3) is 8.92. The van der Waals surface area contributed by atoms with Gasteiger partial charge in [0.1, 0.15) is 11.4 Å². The van der Waals surface area contributed by atoms with Crippen molar-refractivity contribution >= 4 is 52.5 Å². The first-order valence-corrected chi connectivity index (χ1v) is 10.0. The summed E-state index contributed by atoms with van der Waals surface area (Å²) in [6.07, 6.45) is 1.84. The number of ether oxygens (including phenoxy) is 1. The number of hydrogen-bond acceptors (Lipinski definition) is 4. The van der Waals surface area contributed by atoms with Crippen LogP contribution < -0.4 is 0 Å². The molecule has 2 atom stereocenters. The number of piperidine rings is 1. The van der Waals surface area contributed by atoms with Gasteiger partial charge in [0.25, 0.3) is 0 Å². The number of esters is 1. The molecule has 1 aliphatic rings. The molecule has 1 aliphatic heterocycles. The van der Waals surface area contributed by atoms with Crippen molar-refractivity contribution < 1.29 is 19.1 Å². The molecule has 0 aromatic heterocycles. The first kappa shape index (κ1) is 23.5. The largest absolute Gasteiger partial charge is 0.460 e. The minimum Gasteiger partial charge on any atom is -0.460 e. The third-order valence-corrected chi connectivity index (χ3v) is 4.72.